The van der Waals surface area contributed by atoms with Crippen LogP contribution in [0.25, 0.3) is 0 Å². The van der Waals surface area contributed by atoms with Gasteiger partial charge in [0.15, 0.2) is 11.5 Å². The first-order chi connectivity index (χ1) is 16.8. The lowest BCUT2D eigenvalue weighted by molar-refractivity contribution is -0.132. The van der Waals surface area contributed by atoms with Gasteiger partial charge in [-0.05, 0) is 50.8 Å². The molecule has 3 N–H and O–H groups in total. The van der Waals surface area contributed by atoms with E-state index in [1.54, 1.807) is 23.1 Å². The second-order valence-corrected chi connectivity index (χ2v) is 9.56. The Morgan fingerprint density at radius 2 is 2.03 bits per heavy atom. The van der Waals surface area contributed by atoms with Crippen LogP contribution in [0.2, 0.25) is 0 Å². The molecule has 0 bridgehead atoms. The van der Waals surface area contributed by atoms with Crippen LogP contribution in [0.3, 0.4) is 0 Å². The fraction of sp³-hybridized carbons (Fsp3) is 0.500. The van der Waals surface area contributed by atoms with Crippen LogP contribution in [0.5, 0.6) is 11.5 Å². The Bertz CT molecular complexity index is 1070. The predicted octanol–water partition coefficient (Wildman–Crippen LogP) is 1.34. The summed E-state index contributed by atoms with van der Waals surface area (Å²) < 4.78 is 11.6. The smallest absolute Gasteiger partial charge is 0.247 e. The van der Waals surface area contributed by atoms with Crippen LogP contribution in [-0.4, -0.2) is 78.3 Å². The van der Waals surface area contributed by atoms with Crippen LogP contribution in [0.1, 0.15) is 48.5 Å². The number of aliphatic hydroxyl groups excluding tert-OH is 2. The molecule has 0 radical (unpaired) electrons. The number of ether oxygens (including phenoxy) is 2. The highest BCUT2D eigenvalue weighted by molar-refractivity contribution is 5.97. The maximum atomic E-state index is 13.2. The first kappa shape index (κ1) is 24.9. The molecule has 9 heteroatoms. The molecule has 0 unspecified atom stereocenters. The third kappa shape index (κ3) is 4.97. The largest absolute Gasteiger partial charge is 0.493 e. The molecule has 1 aromatic rings. The second kappa shape index (κ2) is 10.2. The quantitative estimate of drug-likeness (QED) is 0.357. The van der Waals surface area contributed by atoms with E-state index in [2.05, 4.69) is 5.32 Å². The van der Waals surface area contributed by atoms with E-state index in [9.17, 15) is 24.6 Å². The number of fused-ring (bicyclic) bond motifs is 3. The van der Waals surface area contributed by atoms with E-state index >= 15 is 0 Å². The number of methoxy groups -OCH3 is 1. The summed E-state index contributed by atoms with van der Waals surface area (Å²) in [4.78, 5) is 39.6. The van der Waals surface area contributed by atoms with E-state index in [4.69, 9.17) is 9.47 Å². The first-order valence-electron chi connectivity index (χ1n) is 11.9. The molecule has 1 heterocycles. The number of aliphatic hydroxyl groups is 2. The summed E-state index contributed by atoms with van der Waals surface area (Å²) in [5.74, 6) is -0.302. The summed E-state index contributed by atoms with van der Waals surface area (Å²) in [5, 5.41) is 23.4. The van der Waals surface area contributed by atoms with Gasteiger partial charge in [-0.1, -0.05) is 5.57 Å². The molecular weight excluding hydrogens is 452 g/mol. The molecule has 2 aliphatic carbocycles. The van der Waals surface area contributed by atoms with Crippen molar-refractivity contribution in [2.45, 2.75) is 50.9 Å². The maximum Gasteiger partial charge on any atom is 0.247 e. The minimum Gasteiger partial charge on any atom is -0.493 e. The number of hydrogen-bond acceptors (Lipinski definition) is 7. The van der Waals surface area contributed by atoms with Gasteiger partial charge in [0, 0.05) is 35.9 Å². The Kier molecular flexibility index (Phi) is 7.28. The number of carbonyl (C=O) groups excluding carboxylic acids is 3. The van der Waals surface area contributed by atoms with Crippen molar-refractivity contribution in [1.82, 2.24) is 10.2 Å². The highest BCUT2D eigenvalue weighted by Gasteiger charge is 2.51. The number of nitrogens with one attached hydrogen (secondary N) is 1. The zero-order valence-electron chi connectivity index (χ0n) is 20.2. The average Bonchev–Trinajstić information content (AvgIpc) is 3.58. The number of amides is 2. The number of hydrogen-bond donors (Lipinski definition) is 3. The van der Waals surface area contributed by atoms with Crippen LogP contribution in [0.4, 0.5) is 0 Å². The molecule has 188 valence electrons. The van der Waals surface area contributed by atoms with Gasteiger partial charge < -0.3 is 29.9 Å². The van der Waals surface area contributed by atoms with E-state index in [-0.39, 0.29) is 19.1 Å². The van der Waals surface area contributed by atoms with Crippen LogP contribution >= 0.6 is 0 Å². The van der Waals surface area contributed by atoms with Crippen molar-refractivity contribution in [2.24, 2.45) is 5.92 Å². The van der Waals surface area contributed by atoms with Gasteiger partial charge in [0.05, 0.1) is 25.7 Å². The van der Waals surface area contributed by atoms with Gasteiger partial charge in [-0.25, -0.2) is 0 Å². The molecule has 0 saturated heterocycles. The number of carbonyl (C=O) groups is 3. The molecule has 9 nitrogen and oxygen atoms in total. The summed E-state index contributed by atoms with van der Waals surface area (Å²) in [7, 11) is 1.45. The number of rotatable bonds is 9. The van der Waals surface area contributed by atoms with Gasteiger partial charge in [0.1, 0.15) is 18.5 Å². The fourth-order valence-electron chi connectivity index (χ4n) is 4.83. The zero-order valence-corrected chi connectivity index (χ0v) is 20.2. The van der Waals surface area contributed by atoms with Crippen molar-refractivity contribution in [3.05, 3.63) is 46.6 Å². The summed E-state index contributed by atoms with van der Waals surface area (Å²) in [6.07, 6.45) is 3.87. The lowest BCUT2D eigenvalue weighted by Gasteiger charge is -2.40. The lowest BCUT2D eigenvalue weighted by atomic mass is 9.77. The lowest BCUT2D eigenvalue weighted by Crippen LogP contribution is -2.56. The maximum absolute atomic E-state index is 13.2. The molecule has 1 saturated carbocycles. The Morgan fingerprint density at radius 3 is 2.63 bits per heavy atom. The predicted molar refractivity (Wildman–Crippen MR) is 127 cm³/mol. The number of allylic oxidation sites excluding steroid dienone is 1. The van der Waals surface area contributed by atoms with E-state index in [1.807, 2.05) is 13.8 Å². The molecule has 0 spiro atoms. The van der Waals surface area contributed by atoms with Gasteiger partial charge >= 0.3 is 0 Å². The van der Waals surface area contributed by atoms with E-state index in [0.29, 0.717) is 46.9 Å². The highest BCUT2D eigenvalue weighted by atomic mass is 16.5. The Balaban J connectivity index is 1.81. The van der Waals surface area contributed by atoms with E-state index in [0.717, 1.165) is 18.4 Å². The minimum absolute atomic E-state index is 0.0503. The van der Waals surface area contributed by atoms with Crippen molar-refractivity contribution in [1.29, 1.82) is 0 Å². The van der Waals surface area contributed by atoms with Crippen molar-refractivity contribution in [2.75, 3.05) is 26.8 Å². The summed E-state index contributed by atoms with van der Waals surface area (Å²) in [6, 6.07) is 2.38. The second-order valence-electron chi connectivity index (χ2n) is 9.56. The minimum atomic E-state index is -1.13. The molecular formula is C26H32N2O7. The van der Waals surface area contributed by atoms with Gasteiger partial charge in [0.25, 0.3) is 0 Å². The topological polar surface area (TPSA) is 125 Å². The molecule has 3 aliphatic rings. The zero-order chi connectivity index (χ0) is 25.3. The molecule has 0 aromatic heterocycles. The van der Waals surface area contributed by atoms with Gasteiger partial charge in [-0.15, -0.1) is 0 Å². The van der Waals surface area contributed by atoms with Crippen LogP contribution < -0.4 is 14.8 Å². The Hall–Kier alpha value is -3.17. The highest BCUT2D eigenvalue weighted by Crippen LogP contribution is 2.51. The van der Waals surface area contributed by atoms with Crippen LogP contribution in [-0.2, 0) is 9.59 Å². The van der Waals surface area contributed by atoms with Gasteiger partial charge in [-0.3, -0.25) is 14.4 Å². The number of aldehydes is 1. The van der Waals surface area contributed by atoms with Gasteiger partial charge in [-0.2, -0.15) is 0 Å². The third-order valence-electron chi connectivity index (χ3n) is 6.62. The Labute approximate surface area is 204 Å². The summed E-state index contributed by atoms with van der Waals surface area (Å²) in [5.41, 5.74) is 2.06. The van der Waals surface area contributed by atoms with Crippen molar-refractivity contribution in [3.63, 3.8) is 0 Å². The van der Waals surface area contributed by atoms with Crippen molar-refractivity contribution in [3.8, 4) is 11.5 Å². The van der Waals surface area contributed by atoms with Crippen LogP contribution in [0, 0.1) is 5.92 Å². The van der Waals surface area contributed by atoms with Crippen molar-refractivity contribution >= 4 is 18.1 Å². The van der Waals surface area contributed by atoms with Crippen molar-refractivity contribution < 1.29 is 34.1 Å². The Morgan fingerprint density at radius 1 is 1.29 bits per heavy atom. The molecule has 1 aliphatic heterocycles. The molecule has 4 atom stereocenters. The standard InChI is InChI=1S/C26H32N2O7/c1-14(2)8-21(31)28(12-15-4-5-15)19-11-18(26(33)27-6-7-29)22-17-9-16(13-30)10-20(34-3)24(17)35-25(22)23(19)32/h8-11,13,15,19,22-23,25,29,32H,4-7,12H2,1-3H3,(H,27,33)/t19-,22+,23+,25+/m1/s1. The fourth-order valence-corrected chi connectivity index (χ4v) is 4.83. The first-order valence-corrected chi connectivity index (χ1v) is 11.9. The summed E-state index contributed by atoms with van der Waals surface area (Å²) in [6.45, 7) is 3.95. The normalized spacial score (nSPS) is 24.3. The van der Waals surface area contributed by atoms with Crippen LogP contribution in [0.15, 0.2) is 35.4 Å². The van der Waals surface area contributed by atoms with E-state index in [1.165, 1.54) is 13.2 Å². The molecule has 1 aromatic carbocycles. The third-order valence-corrected chi connectivity index (χ3v) is 6.62. The summed E-state index contributed by atoms with van der Waals surface area (Å²) >= 11 is 0. The molecule has 4 rings (SSSR count). The molecule has 1 fully saturated rings. The SMILES string of the molecule is COc1cc(C=O)cc2c1O[C@@H]1[C@@H](O)[C@H](N(CC3CC3)C(=O)C=C(C)C)C=C(C(=O)NCCO)[C@H]21. The monoisotopic (exact) mass is 484 g/mol. The molecule has 2 amide bonds. The van der Waals surface area contributed by atoms with Gasteiger partial charge in [0.2, 0.25) is 11.8 Å². The average molecular weight is 485 g/mol. The number of nitrogens with zero attached hydrogens (tertiary/aromatic N) is 1. The number of benzene rings is 1. The van der Waals surface area contributed by atoms with E-state index < -0.39 is 30.1 Å². The molecule has 35 heavy (non-hydrogen) atoms.